The van der Waals surface area contributed by atoms with Crippen molar-refractivity contribution in [1.82, 2.24) is 4.90 Å². The van der Waals surface area contributed by atoms with Crippen LogP contribution in [0, 0.1) is 0 Å². The molecule has 0 spiro atoms. The molecule has 0 aliphatic rings. The molecule has 0 fully saturated rings. The van der Waals surface area contributed by atoms with Crippen LogP contribution in [-0.4, -0.2) is 38.6 Å². The van der Waals surface area contributed by atoms with Gasteiger partial charge in [0, 0.05) is 30.2 Å². The zero-order chi connectivity index (χ0) is 11.6. The summed E-state index contributed by atoms with van der Waals surface area (Å²) in [6.07, 6.45) is 2.06. The smallest absolute Gasteiger partial charge is 0.256 e. The average Bonchev–Trinajstić information content (AvgIpc) is 2.02. The summed E-state index contributed by atoms with van der Waals surface area (Å²) in [5.41, 5.74) is 4.40. The summed E-state index contributed by atoms with van der Waals surface area (Å²) in [4.78, 5) is 1.81. The number of rotatable bonds is 4. The molecule has 0 heterocycles. The van der Waals surface area contributed by atoms with Gasteiger partial charge in [0.2, 0.25) is 0 Å². The third-order valence-corrected chi connectivity index (χ3v) is 1.52. The fourth-order valence-corrected chi connectivity index (χ4v) is 1.03. The van der Waals surface area contributed by atoms with Crippen molar-refractivity contribution >= 4 is 34.8 Å². The second-order valence-corrected chi connectivity index (χ2v) is 3.39. The standard InChI is InChI=1S/C7H15NOS.CH3NOS.Fe/c1-3-5-8(6-4-2)7(9)10;2-1(3)4;/h3-6H2,1-2H3,(H,9,10);(H3,2,3,4);. The Balaban J connectivity index is -0.000000249. The minimum absolute atomic E-state index is 0. The Morgan fingerprint density at radius 2 is 1.40 bits per heavy atom. The van der Waals surface area contributed by atoms with Crippen molar-refractivity contribution in [2.75, 3.05) is 13.1 Å². The Morgan fingerprint density at radius 1 is 1.13 bits per heavy atom. The third-order valence-electron chi connectivity index (χ3n) is 1.26. The largest absolute Gasteiger partial charge is 0.487 e. The predicted octanol–water partition coefficient (Wildman–Crippen LogP) is 1.74. The van der Waals surface area contributed by atoms with Crippen LogP contribution < -0.4 is 5.73 Å². The molecule has 0 radical (unpaired) electrons. The Kier molecular flexibility index (Phi) is 18.8. The molecule has 0 unspecified atom stereocenters. The molecule has 0 aliphatic heterocycles. The summed E-state index contributed by atoms with van der Waals surface area (Å²) in [5.74, 6) is 0. The first-order chi connectivity index (χ1) is 6.45. The van der Waals surface area contributed by atoms with E-state index in [1.807, 2.05) is 4.90 Å². The Morgan fingerprint density at radius 3 is 1.53 bits per heavy atom. The van der Waals surface area contributed by atoms with E-state index in [0.29, 0.717) is 0 Å². The van der Waals surface area contributed by atoms with Gasteiger partial charge in [-0.3, -0.25) is 0 Å². The summed E-state index contributed by atoms with van der Waals surface area (Å²) in [7, 11) is 0. The number of nitrogens with zero attached hydrogens (tertiary/aromatic N) is 1. The first kappa shape index (κ1) is 20.3. The van der Waals surface area contributed by atoms with E-state index in [0.717, 1.165) is 25.9 Å². The van der Waals surface area contributed by atoms with Gasteiger partial charge in [-0.2, -0.15) is 0 Å². The molecular weight excluding hydrogens is 276 g/mol. The molecule has 15 heavy (non-hydrogen) atoms. The zero-order valence-electron chi connectivity index (χ0n) is 8.92. The molecule has 0 saturated heterocycles. The molecule has 0 rings (SSSR count). The number of aliphatic hydroxyl groups excluding tert-OH is 2. The second-order valence-electron chi connectivity index (χ2n) is 2.61. The molecule has 4 nitrogen and oxygen atoms in total. The van der Waals surface area contributed by atoms with Gasteiger partial charge in [0.05, 0.1) is 0 Å². The van der Waals surface area contributed by atoms with Crippen molar-refractivity contribution < 1.29 is 27.3 Å². The van der Waals surface area contributed by atoms with Crippen molar-refractivity contribution in [3.05, 3.63) is 0 Å². The van der Waals surface area contributed by atoms with Crippen LogP contribution in [0.4, 0.5) is 0 Å². The van der Waals surface area contributed by atoms with E-state index in [1.165, 1.54) is 0 Å². The van der Waals surface area contributed by atoms with Crippen molar-refractivity contribution in [2.45, 2.75) is 26.7 Å². The van der Waals surface area contributed by atoms with Crippen LogP contribution in [0.1, 0.15) is 26.7 Å². The number of hydrogen-bond donors (Lipinski definition) is 3. The Bertz CT molecular complexity index is 172. The Labute approximate surface area is 112 Å². The van der Waals surface area contributed by atoms with Crippen LogP contribution in [0.2, 0.25) is 0 Å². The van der Waals surface area contributed by atoms with Gasteiger partial charge in [-0.25, -0.2) is 0 Å². The second kappa shape index (κ2) is 13.9. The zero-order valence-corrected chi connectivity index (χ0v) is 11.7. The Hall–Kier alpha value is -0.101. The van der Waals surface area contributed by atoms with Crippen LogP contribution in [0.25, 0.3) is 0 Å². The topological polar surface area (TPSA) is 69.7 Å². The van der Waals surface area contributed by atoms with Gasteiger partial charge < -0.3 is 20.8 Å². The van der Waals surface area contributed by atoms with Gasteiger partial charge in [0.25, 0.3) is 10.3 Å². The molecule has 0 bridgehead atoms. The van der Waals surface area contributed by atoms with E-state index >= 15 is 0 Å². The van der Waals surface area contributed by atoms with Crippen LogP contribution >= 0.6 is 24.4 Å². The monoisotopic (exact) mass is 294 g/mol. The minimum Gasteiger partial charge on any atom is -0.487 e. The van der Waals surface area contributed by atoms with Gasteiger partial charge in [0.15, 0.2) is 0 Å². The summed E-state index contributed by atoms with van der Waals surface area (Å²) in [5, 5.41) is 16.0. The van der Waals surface area contributed by atoms with Gasteiger partial charge >= 0.3 is 0 Å². The van der Waals surface area contributed by atoms with Gasteiger partial charge in [-0.05, 0) is 37.3 Å². The fraction of sp³-hybridized carbons (Fsp3) is 0.750. The van der Waals surface area contributed by atoms with Gasteiger partial charge in [-0.15, -0.1) is 0 Å². The van der Waals surface area contributed by atoms with Gasteiger partial charge in [-0.1, -0.05) is 13.8 Å². The fourth-order valence-electron chi connectivity index (χ4n) is 0.843. The molecule has 0 amide bonds. The maximum absolute atomic E-state index is 8.93. The van der Waals surface area contributed by atoms with Gasteiger partial charge in [0.1, 0.15) is 0 Å². The molecule has 4 N–H and O–H groups in total. The van der Waals surface area contributed by atoms with E-state index in [9.17, 15) is 0 Å². The molecule has 0 aliphatic carbocycles. The quantitative estimate of drug-likeness (QED) is 0.542. The van der Waals surface area contributed by atoms with E-state index in [1.54, 1.807) is 0 Å². The number of aliphatic hydroxyl groups is 2. The van der Waals surface area contributed by atoms with Crippen molar-refractivity contribution in [1.29, 1.82) is 0 Å². The molecule has 0 atom stereocenters. The summed E-state index contributed by atoms with van der Waals surface area (Å²) < 4.78 is 0. The van der Waals surface area contributed by atoms with Crippen molar-refractivity contribution in [3.63, 3.8) is 0 Å². The maximum Gasteiger partial charge on any atom is 0.256 e. The molecule has 0 aromatic rings. The van der Waals surface area contributed by atoms with Crippen LogP contribution in [0.15, 0.2) is 0 Å². The van der Waals surface area contributed by atoms with Crippen LogP contribution in [0.5, 0.6) is 0 Å². The summed E-state index contributed by atoms with van der Waals surface area (Å²) in [6.45, 7) is 5.87. The predicted molar refractivity (Wildman–Crippen MR) is 66.8 cm³/mol. The molecule has 0 saturated carbocycles. The van der Waals surface area contributed by atoms with Crippen molar-refractivity contribution in [2.24, 2.45) is 5.73 Å². The van der Waals surface area contributed by atoms with Crippen LogP contribution in [-0.2, 0) is 17.1 Å². The summed E-state index contributed by atoms with van der Waals surface area (Å²) in [6, 6.07) is 0. The average molecular weight is 294 g/mol. The first-order valence-electron chi connectivity index (χ1n) is 4.41. The molecule has 92 valence electrons. The van der Waals surface area contributed by atoms with E-state index in [-0.39, 0.29) is 22.2 Å². The van der Waals surface area contributed by atoms with E-state index < -0.39 is 5.17 Å². The number of thiocarbonyl (C=S) groups is 2. The maximum atomic E-state index is 8.93. The minimum atomic E-state index is -0.500. The molecule has 0 aromatic carbocycles. The number of hydrogen-bond acceptors (Lipinski definition) is 2. The third kappa shape index (κ3) is 20.1. The molecule has 7 heteroatoms. The van der Waals surface area contributed by atoms with Crippen molar-refractivity contribution in [3.8, 4) is 0 Å². The first-order valence-corrected chi connectivity index (χ1v) is 5.23. The normalized spacial score (nSPS) is 7.87. The molecule has 0 aromatic heterocycles. The SMILES string of the molecule is CCCN(CCC)C(O)=S.NC(O)=S.[Fe]. The van der Waals surface area contributed by atoms with E-state index in [4.69, 9.17) is 10.2 Å². The van der Waals surface area contributed by atoms with Crippen LogP contribution in [0.3, 0.4) is 0 Å². The summed E-state index contributed by atoms with van der Waals surface area (Å²) >= 11 is 8.50. The van der Waals surface area contributed by atoms with E-state index in [2.05, 4.69) is 44.0 Å². The number of nitrogens with two attached hydrogens (primary N) is 1. The molecular formula is C8H18FeN2O2S2.